The van der Waals surface area contributed by atoms with Crippen molar-refractivity contribution in [1.82, 2.24) is 25.8 Å². The summed E-state index contributed by atoms with van der Waals surface area (Å²) in [5.74, 6) is -3.35. The van der Waals surface area contributed by atoms with Crippen molar-refractivity contribution in [2.45, 2.75) is 108 Å². The highest BCUT2D eigenvalue weighted by Gasteiger charge is 2.61. The van der Waals surface area contributed by atoms with Crippen molar-refractivity contribution in [3.8, 4) is 0 Å². The normalized spacial score (nSPS) is 28.6. The number of alkyl carbamates (subject to hydrolysis) is 2. The largest absolute Gasteiger partial charge is 0.479 e. The number of amides is 4. The molecule has 0 radical (unpaired) electrons. The highest BCUT2D eigenvalue weighted by Crippen LogP contribution is 2.45. The lowest BCUT2D eigenvalue weighted by atomic mass is 10.0. The summed E-state index contributed by atoms with van der Waals surface area (Å²) in [7, 11) is 0. The van der Waals surface area contributed by atoms with Gasteiger partial charge in [0.05, 0.1) is 24.5 Å². The third-order valence-electron chi connectivity index (χ3n) is 8.11. The summed E-state index contributed by atoms with van der Waals surface area (Å²) in [5.41, 5.74) is -1.91. The Balaban J connectivity index is 1.55. The number of rotatable bonds is 5. The van der Waals surface area contributed by atoms with Gasteiger partial charge in [0.2, 0.25) is 11.8 Å². The number of hydrogen-bond donors (Lipinski definition) is 4. The summed E-state index contributed by atoms with van der Waals surface area (Å²) in [5, 5.41) is 17.9. The molecule has 246 valence electrons. The van der Waals surface area contributed by atoms with Gasteiger partial charge in [-0.25, -0.2) is 18.8 Å². The number of aromatic nitrogens is 1. The molecule has 3 aliphatic rings. The lowest BCUT2D eigenvalue weighted by Gasteiger charge is -2.30. The van der Waals surface area contributed by atoms with Gasteiger partial charge in [-0.3, -0.25) is 14.6 Å². The molecule has 13 nitrogen and oxygen atoms in total. The van der Waals surface area contributed by atoms with Crippen LogP contribution in [0.1, 0.15) is 84.4 Å². The molecule has 2 fully saturated rings. The van der Waals surface area contributed by atoms with E-state index in [1.54, 1.807) is 27.7 Å². The van der Waals surface area contributed by atoms with Gasteiger partial charge in [-0.1, -0.05) is 25.0 Å². The van der Waals surface area contributed by atoms with Gasteiger partial charge < -0.3 is 35.4 Å². The van der Waals surface area contributed by atoms with Gasteiger partial charge in [-0.05, 0) is 65.5 Å². The van der Waals surface area contributed by atoms with Crippen LogP contribution in [0.5, 0.6) is 0 Å². The first-order valence-electron chi connectivity index (χ1n) is 15.3. The minimum atomic E-state index is -1.50. The molecule has 0 bridgehead atoms. The number of nitrogens with zero attached hydrogens (tertiary/aromatic N) is 2. The van der Waals surface area contributed by atoms with Gasteiger partial charge in [0, 0.05) is 12.3 Å². The van der Waals surface area contributed by atoms with E-state index < -0.39 is 77.1 Å². The molecule has 0 aromatic carbocycles. The SMILES string of the molecule is C[C@H](NC(=O)O[C@@H]1C[C@H]2C(=O)N[C@@]3(C(=O)O)C[C@@H]3/C=C\CCCCC[C@H](NC(=O)OC(C)(C)C)C(=O)N2C1)c1ccc(F)cn1. The van der Waals surface area contributed by atoms with Crippen molar-refractivity contribution in [1.29, 1.82) is 0 Å². The number of allylic oxidation sites excluding steroid dienone is 1. The molecule has 1 saturated carbocycles. The molecule has 14 heteroatoms. The van der Waals surface area contributed by atoms with E-state index in [9.17, 15) is 33.5 Å². The molecular formula is C31H42FN5O8. The summed E-state index contributed by atoms with van der Waals surface area (Å²) < 4.78 is 24.2. The number of hydrogen-bond acceptors (Lipinski definition) is 8. The van der Waals surface area contributed by atoms with Crippen LogP contribution in [-0.2, 0) is 23.9 Å². The summed E-state index contributed by atoms with van der Waals surface area (Å²) >= 11 is 0. The van der Waals surface area contributed by atoms with Crippen LogP contribution in [0, 0.1) is 11.7 Å². The van der Waals surface area contributed by atoms with Gasteiger partial charge in [0.1, 0.15) is 35.1 Å². The van der Waals surface area contributed by atoms with Gasteiger partial charge in [-0.15, -0.1) is 0 Å². The first-order chi connectivity index (χ1) is 21.2. The molecule has 1 aliphatic carbocycles. The number of carbonyl (C=O) groups is 5. The molecule has 1 aromatic rings. The average Bonchev–Trinajstić information content (AvgIpc) is 3.48. The Hall–Kier alpha value is -4.23. The zero-order valence-corrected chi connectivity index (χ0v) is 26.0. The molecule has 0 spiro atoms. The highest BCUT2D eigenvalue weighted by molar-refractivity contribution is 5.96. The second-order valence-corrected chi connectivity index (χ2v) is 12.9. The summed E-state index contributed by atoms with van der Waals surface area (Å²) in [6, 6.07) is -0.195. The number of pyridine rings is 1. The van der Waals surface area contributed by atoms with Crippen LogP contribution < -0.4 is 16.0 Å². The van der Waals surface area contributed by atoms with Crippen LogP contribution >= 0.6 is 0 Å². The molecular weight excluding hydrogens is 589 g/mol. The molecule has 1 saturated heterocycles. The summed E-state index contributed by atoms with van der Waals surface area (Å²) in [4.78, 5) is 70.6. The Morgan fingerprint density at radius 1 is 1.18 bits per heavy atom. The maximum Gasteiger partial charge on any atom is 0.408 e. The Kier molecular flexibility index (Phi) is 10.3. The predicted molar refractivity (Wildman–Crippen MR) is 158 cm³/mol. The van der Waals surface area contributed by atoms with Crippen LogP contribution in [0.15, 0.2) is 30.5 Å². The molecule has 6 atom stereocenters. The second-order valence-electron chi connectivity index (χ2n) is 12.9. The predicted octanol–water partition coefficient (Wildman–Crippen LogP) is 3.35. The van der Waals surface area contributed by atoms with E-state index in [-0.39, 0.29) is 25.8 Å². The van der Waals surface area contributed by atoms with Crippen LogP contribution in [-0.4, -0.2) is 80.8 Å². The first kappa shape index (κ1) is 33.7. The minimum absolute atomic E-state index is 0.0937. The smallest absolute Gasteiger partial charge is 0.408 e. The number of ether oxygens (including phenoxy) is 2. The number of aliphatic carboxylic acids is 1. The Labute approximate surface area is 261 Å². The fraction of sp³-hybridized carbons (Fsp3) is 0.613. The maximum absolute atomic E-state index is 14.0. The van der Waals surface area contributed by atoms with Crippen molar-refractivity contribution in [3.05, 3.63) is 42.0 Å². The topological polar surface area (TPSA) is 176 Å². The van der Waals surface area contributed by atoms with Gasteiger partial charge >= 0.3 is 18.2 Å². The third kappa shape index (κ3) is 8.70. The van der Waals surface area contributed by atoms with Crippen molar-refractivity contribution in [2.75, 3.05) is 6.54 Å². The van der Waals surface area contributed by atoms with E-state index in [0.29, 0.717) is 18.5 Å². The molecule has 4 rings (SSSR count). The number of nitrogens with one attached hydrogen (secondary N) is 3. The van der Waals surface area contributed by atoms with Crippen LogP contribution in [0.4, 0.5) is 14.0 Å². The second kappa shape index (κ2) is 13.8. The van der Waals surface area contributed by atoms with E-state index in [0.717, 1.165) is 19.0 Å². The van der Waals surface area contributed by atoms with Gasteiger partial charge in [-0.2, -0.15) is 0 Å². The lowest BCUT2D eigenvalue weighted by Crippen LogP contribution is -2.56. The number of carbonyl (C=O) groups excluding carboxylic acids is 4. The Bertz CT molecular complexity index is 1320. The molecule has 2 aliphatic heterocycles. The average molecular weight is 632 g/mol. The Morgan fingerprint density at radius 3 is 2.60 bits per heavy atom. The highest BCUT2D eigenvalue weighted by atomic mass is 19.1. The number of halogens is 1. The lowest BCUT2D eigenvalue weighted by molar-refractivity contribution is -0.145. The fourth-order valence-electron chi connectivity index (χ4n) is 5.68. The van der Waals surface area contributed by atoms with E-state index in [4.69, 9.17) is 9.47 Å². The van der Waals surface area contributed by atoms with Crippen molar-refractivity contribution >= 4 is 30.0 Å². The van der Waals surface area contributed by atoms with Gasteiger partial charge in [0.25, 0.3) is 0 Å². The molecule has 0 unspecified atom stereocenters. The molecule has 3 heterocycles. The van der Waals surface area contributed by atoms with E-state index >= 15 is 0 Å². The molecule has 1 aromatic heterocycles. The van der Waals surface area contributed by atoms with Crippen molar-refractivity contribution in [2.24, 2.45) is 5.92 Å². The molecule has 4 amide bonds. The van der Waals surface area contributed by atoms with Crippen LogP contribution in [0.2, 0.25) is 0 Å². The monoisotopic (exact) mass is 631 g/mol. The maximum atomic E-state index is 14.0. The number of carboxylic acids is 1. The van der Waals surface area contributed by atoms with E-state index in [2.05, 4.69) is 20.9 Å². The van der Waals surface area contributed by atoms with E-state index in [1.807, 2.05) is 12.2 Å². The zero-order valence-electron chi connectivity index (χ0n) is 26.0. The van der Waals surface area contributed by atoms with Gasteiger partial charge in [0.15, 0.2) is 0 Å². The van der Waals surface area contributed by atoms with E-state index in [1.165, 1.54) is 17.0 Å². The first-order valence-corrected chi connectivity index (χ1v) is 15.3. The number of fused-ring (bicyclic) bond motifs is 2. The summed E-state index contributed by atoms with van der Waals surface area (Å²) in [6.07, 6.45) is 5.47. The Morgan fingerprint density at radius 2 is 1.93 bits per heavy atom. The minimum Gasteiger partial charge on any atom is -0.479 e. The van der Waals surface area contributed by atoms with Crippen LogP contribution in [0.3, 0.4) is 0 Å². The molecule has 4 N–H and O–H groups in total. The van der Waals surface area contributed by atoms with Crippen molar-refractivity contribution < 1.29 is 42.9 Å². The zero-order chi connectivity index (χ0) is 32.9. The third-order valence-corrected chi connectivity index (χ3v) is 8.11. The van der Waals surface area contributed by atoms with Crippen molar-refractivity contribution in [3.63, 3.8) is 0 Å². The van der Waals surface area contributed by atoms with Crippen LogP contribution in [0.25, 0.3) is 0 Å². The quantitative estimate of drug-likeness (QED) is 0.355. The standard InChI is InChI=1S/C31H42FN5O8/c1-18(22-13-12-20(32)16-33-22)34-28(42)44-21-14-24-25(38)36-31(27(40)41)15-19(31)10-8-6-5-7-9-11-23(26(39)37(24)17-21)35-29(43)45-30(2,3)4/h8,10,12-13,16,18-19,21,23-24H,5-7,9,11,14-15,17H2,1-4H3,(H,34,42)(H,35,43)(H,36,38)(H,40,41)/b10-8-/t18-,19-,21+,23-,24-,31-/m0/s1. The summed E-state index contributed by atoms with van der Waals surface area (Å²) in [6.45, 7) is 6.56. The fourth-order valence-corrected chi connectivity index (χ4v) is 5.68. The number of carboxylic acid groups (broad SMARTS) is 1. The molecule has 45 heavy (non-hydrogen) atoms.